The molecule has 0 atom stereocenters. The lowest BCUT2D eigenvalue weighted by molar-refractivity contribution is 0.122. The van der Waals surface area contributed by atoms with Crippen molar-refractivity contribution in [2.24, 2.45) is 10.7 Å². The van der Waals surface area contributed by atoms with Crippen LogP contribution in [0.2, 0.25) is 0 Å². The summed E-state index contributed by atoms with van der Waals surface area (Å²) in [5, 5.41) is 8.25. The van der Waals surface area contributed by atoms with Gasteiger partial charge in [-0.1, -0.05) is 6.92 Å². The quantitative estimate of drug-likeness (QED) is 0.337. The summed E-state index contributed by atoms with van der Waals surface area (Å²) in [5.74, 6) is 0.788. The largest absolute Gasteiger partial charge is 0.383 e. The number of nitrogens with one attached hydrogen (secondary N) is 1. The molecule has 1 saturated heterocycles. The third kappa shape index (κ3) is 3.88. The van der Waals surface area contributed by atoms with Crippen molar-refractivity contribution < 1.29 is 9.13 Å². The SMILES string of the molecule is CCCc1nc2c(C(N)=NC=N)cc(N3CCOCC3)cc2n1-c1ccnc2cc(F)ccc12. The Kier molecular flexibility index (Phi) is 5.93. The van der Waals surface area contributed by atoms with Gasteiger partial charge in [0, 0.05) is 48.4 Å². The van der Waals surface area contributed by atoms with Gasteiger partial charge in [-0.2, -0.15) is 0 Å². The van der Waals surface area contributed by atoms with Gasteiger partial charge in [-0.3, -0.25) is 15.0 Å². The van der Waals surface area contributed by atoms with Gasteiger partial charge in [-0.15, -0.1) is 0 Å². The molecule has 0 radical (unpaired) electrons. The zero-order valence-corrected chi connectivity index (χ0v) is 19.0. The highest BCUT2D eigenvalue weighted by Crippen LogP contribution is 2.33. The van der Waals surface area contributed by atoms with Crippen molar-refractivity contribution >= 4 is 39.8 Å². The zero-order chi connectivity index (χ0) is 23.7. The Labute approximate surface area is 196 Å². The van der Waals surface area contributed by atoms with E-state index in [0.717, 1.165) is 65.9 Å². The summed E-state index contributed by atoms with van der Waals surface area (Å²) in [4.78, 5) is 15.6. The Morgan fingerprint density at radius 1 is 1.24 bits per heavy atom. The van der Waals surface area contributed by atoms with Gasteiger partial charge in [0.25, 0.3) is 0 Å². The van der Waals surface area contributed by atoms with E-state index in [0.29, 0.717) is 24.3 Å². The summed E-state index contributed by atoms with van der Waals surface area (Å²) in [6.07, 6.45) is 4.28. The number of benzene rings is 2. The Balaban J connectivity index is 1.84. The van der Waals surface area contributed by atoms with E-state index in [1.807, 2.05) is 12.1 Å². The number of morpholine rings is 1. The molecule has 34 heavy (non-hydrogen) atoms. The van der Waals surface area contributed by atoms with Crippen LogP contribution in [-0.2, 0) is 11.2 Å². The maximum atomic E-state index is 13.9. The van der Waals surface area contributed by atoms with Crippen molar-refractivity contribution in [1.29, 1.82) is 5.41 Å². The molecule has 174 valence electrons. The summed E-state index contributed by atoms with van der Waals surface area (Å²) in [7, 11) is 0. The first-order valence-corrected chi connectivity index (χ1v) is 11.4. The van der Waals surface area contributed by atoms with Crippen LogP contribution in [0, 0.1) is 11.2 Å². The topological polar surface area (TPSA) is 105 Å². The standard InChI is InChI=1S/C25H26FN7O/c1-2-3-23-31-24-19(25(28)30-15-27)13-17(32-8-10-34-11-9-32)14-22(24)33(23)21-6-7-29-20-12-16(26)4-5-18(20)21/h4-7,12-15H,2-3,8-11H2,1H3,(H3,27,28,30). The van der Waals surface area contributed by atoms with E-state index in [-0.39, 0.29) is 11.7 Å². The van der Waals surface area contributed by atoms with Crippen molar-refractivity contribution in [3.8, 4) is 5.69 Å². The number of hydrogen-bond acceptors (Lipinski definition) is 5. The van der Waals surface area contributed by atoms with E-state index in [1.54, 1.807) is 12.3 Å². The molecule has 0 bridgehead atoms. The zero-order valence-electron chi connectivity index (χ0n) is 19.0. The Morgan fingerprint density at radius 3 is 2.82 bits per heavy atom. The lowest BCUT2D eigenvalue weighted by Crippen LogP contribution is -2.36. The van der Waals surface area contributed by atoms with Crippen molar-refractivity contribution in [2.75, 3.05) is 31.2 Å². The van der Waals surface area contributed by atoms with Crippen LogP contribution < -0.4 is 10.6 Å². The minimum atomic E-state index is -0.325. The lowest BCUT2D eigenvalue weighted by Gasteiger charge is -2.29. The summed E-state index contributed by atoms with van der Waals surface area (Å²) >= 11 is 0. The first kappa shape index (κ1) is 22.0. The molecule has 9 heteroatoms. The van der Waals surface area contributed by atoms with E-state index in [1.165, 1.54) is 12.1 Å². The summed E-state index contributed by atoms with van der Waals surface area (Å²) in [6, 6.07) is 10.7. The van der Waals surface area contributed by atoms with Gasteiger partial charge in [0.2, 0.25) is 0 Å². The van der Waals surface area contributed by atoms with Crippen LogP contribution >= 0.6 is 0 Å². The smallest absolute Gasteiger partial charge is 0.134 e. The first-order valence-electron chi connectivity index (χ1n) is 11.4. The highest BCUT2D eigenvalue weighted by molar-refractivity contribution is 6.11. The number of fused-ring (bicyclic) bond motifs is 2. The van der Waals surface area contributed by atoms with Gasteiger partial charge in [0.05, 0.1) is 29.9 Å². The predicted molar refractivity (Wildman–Crippen MR) is 133 cm³/mol. The first-order chi connectivity index (χ1) is 16.6. The average molecular weight is 460 g/mol. The molecule has 3 heterocycles. The molecule has 0 amide bonds. The van der Waals surface area contributed by atoms with Crippen LogP contribution in [0.15, 0.2) is 47.6 Å². The third-order valence-corrected chi connectivity index (χ3v) is 6.07. The number of aromatic nitrogens is 3. The van der Waals surface area contributed by atoms with E-state index in [4.69, 9.17) is 20.9 Å². The van der Waals surface area contributed by atoms with Crippen LogP contribution in [0.5, 0.6) is 0 Å². The number of nitrogens with zero attached hydrogens (tertiary/aromatic N) is 5. The number of ether oxygens (including phenoxy) is 1. The normalized spacial score (nSPS) is 14.8. The summed E-state index contributed by atoms with van der Waals surface area (Å²) < 4.78 is 21.6. The maximum absolute atomic E-state index is 13.9. The molecule has 0 spiro atoms. The number of anilines is 1. The van der Waals surface area contributed by atoms with Crippen molar-refractivity contribution in [1.82, 2.24) is 14.5 Å². The molecule has 1 aliphatic rings. The molecule has 4 aromatic rings. The van der Waals surface area contributed by atoms with Gasteiger partial charge >= 0.3 is 0 Å². The fraction of sp³-hybridized carbons (Fsp3) is 0.280. The molecule has 0 aliphatic carbocycles. The number of aliphatic imine (C=N–C) groups is 1. The number of pyridine rings is 1. The van der Waals surface area contributed by atoms with Crippen molar-refractivity contribution in [3.63, 3.8) is 0 Å². The Morgan fingerprint density at radius 2 is 2.06 bits per heavy atom. The van der Waals surface area contributed by atoms with E-state index >= 15 is 0 Å². The summed E-state index contributed by atoms with van der Waals surface area (Å²) in [5.41, 5.74) is 11.0. The van der Waals surface area contributed by atoms with Crippen molar-refractivity contribution in [3.05, 3.63) is 59.8 Å². The third-order valence-electron chi connectivity index (χ3n) is 6.07. The van der Waals surface area contributed by atoms with E-state index in [2.05, 4.69) is 32.4 Å². The maximum Gasteiger partial charge on any atom is 0.134 e. The number of aryl methyl sites for hydroxylation is 1. The van der Waals surface area contributed by atoms with Crippen LogP contribution in [0.1, 0.15) is 24.7 Å². The fourth-order valence-electron chi connectivity index (χ4n) is 4.51. The van der Waals surface area contributed by atoms with Gasteiger partial charge in [-0.25, -0.2) is 14.4 Å². The van der Waals surface area contributed by atoms with Gasteiger partial charge in [-0.05, 0) is 36.8 Å². The molecule has 1 aliphatic heterocycles. The second kappa shape index (κ2) is 9.18. The second-order valence-electron chi connectivity index (χ2n) is 8.21. The van der Waals surface area contributed by atoms with Crippen molar-refractivity contribution in [2.45, 2.75) is 19.8 Å². The summed E-state index contributed by atoms with van der Waals surface area (Å²) in [6.45, 7) is 4.94. The van der Waals surface area contributed by atoms with E-state index in [9.17, 15) is 4.39 Å². The molecule has 8 nitrogen and oxygen atoms in total. The molecule has 3 N–H and O–H groups in total. The Hall–Kier alpha value is -3.85. The molecule has 1 fully saturated rings. The molecular formula is C25H26FN7O. The lowest BCUT2D eigenvalue weighted by atomic mass is 10.1. The number of amidine groups is 1. The molecular weight excluding hydrogens is 433 g/mol. The monoisotopic (exact) mass is 459 g/mol. The van der Waals surface area contributed by atoms with E-state index < -0.39 is 0 Å². The van der Waals surface area contributed by atoms with Gasteiger partial charge in [0.15, 0.2) is 0 Å². The number of imidazole rings is 1. The minimum absolute atomic E-state index is 0.240. The van der Waals surface area contributed by atoms with Gasteiger partial charge in [0.1, 0.15) is 29.3 Å². The van der Waals surface area contributed by atoms with Crippen LogP contribution in [0.25, 0.3) is 27.6 Å². The predicted octanol–water partition coefficient (Wildman–Crippen LogP) is 3.81. The van der Waals surface area contributed by atoms with Crippen LogP contribution in [0.4, 0.5) is 10.1 Å². The molecule has 2 aromatic heterocycles. The minimum Gasteiger partial charge on any atom is -0.383 e. The highest BCUT2D eigenvalue weighted by Gasteiger charge is 2.22. The number of hydrogen-bond donors (Lipinski definition) is 2. The van der Waals surface area contributed by atoms with Crippen LogP contribution in [-0.4, -0.2) is 53.0 Å². The second-order valence-corrected chi connectivity index (χ2v) is 8.21. The molecule has 0 saturated carbocycles. The molecule has 0 unspecified atom stereocenters. The number of nitrogens with two attached hydrogens (primary N) is 1. The Bertz CT molecular complexity index is 1410. The number of rotatable bonds is 6. The van der Waals surface area contributed by atoms with Crippen LogP contribution in [0.3, 0.4) is 0 Å². The fourth-order valence-corrected chi connectivity index (χ4v) is 4.51. The molecule has 5 rings (SSSR count). The highest BCUT2D eigenvalue weighted by atomic mass is 19.1. The van der Waals surface area contributed by atoms with Gasteiger partial charge < -0.3 is 15.4 Å². The average Bonchev–Trinajstić information content (AvgIpc) is 3.21. The number of halogens is 1. The molecule has 2 aromatic carbocycles.